The van der Waals surface area contributed by atoms with E-state index in [-0.39, 0.29) is 36.7 Å². The van der Waals surface area contributed by atoms with E-state index in [2.05, 4.69) is 34.9 Å². The van der Waals surface area contributed by atoms with Crippen LogP contribution in [0.15, 0.2) is 91.0 Å². The molecule has 0 radical (unpaired) electrons. The van der Waals surface area contributed by atoms with Crippen LogP contribution in [0.2, 0.25) is 5.02 Å². The monoisotopic (exact) mass is 765 g/mol. The lowest BCUT2D eigenvalue weighted by molar-refractivity contribution is -0.138. The van der Waals surface area contributed by atoms with E-state index in [1.54, 1.807) is 42.3 Å². The van der Waals surface area contributed by atoms with Gasteiger partial charge in [-0.2, -0.15) is 0 Å². The number of ether oxygens (including phenoxy) is 3. The zero-order chi connectivity index (χ0) is 37.1. The van der Waals surface area contributed by atoms with E-state index in [9.17, 15) is 14.0 Å². The minimum absolute atomic E-state index is 0. The summed E-state index contributed by atoms with van der Waals surface area (Å²) in [5.41, 5.74) is 3.32. The minimum atomic E-state index is -1.17. The van der Waals surface area contributed by atoms with Crippen molar-refractivity contribution in [1.29, 1.82) is 0 Å². The summed E-state index contributed by atoms with van der Waals surface area (Å²) in [5, 5.41) is 6.68. The first-order valence-corrected chi connectivity index (χ1v) is 18.2. The molecule has 0 saturated heterocycles. The number of hydrogen-bond donors (Lipinski definition) is 2. The van der Waals surface area contributed by atoms with E-state index in [1.807, 2.05) is 51.1 Å². The number of halogens is 3. The van der Waals surface area contributed by atoms with Crippen molar-refractivity contribution in [1.82, 2.24) is 10.6 Å². The highest BCUT2D eigenvalue weighted by Crippen LogP contribution is 2.45. The second kappa shape index (κ2) is 19.8. The molecule has 0 fully saturated rings. The molecule has 0 saturated carbocycles. The van der Waals surface area contributed by atoms with E-state index in [1.165, 1.54) is 11.6 Å². The first-order chi connectivity index (χ1) is 25.0. The van der Waals surface area contributed by atoms with Gasteiger partial charge in [0.1, 0.15) is 24.6 Å². The van der Waals surface area contributed by atoms with Crippen LogP contribution in [0.3, 0.4) is 0 Å². The van der Waals surface area contributed by atoms with Crippen LogP contribution in [0, 0.1) is 11.2 Å². The third-order valence-electron chi connectivity index (χ3n) is 8.79. The maximum absolute atomic E-state index is 14.3. The third-order valence-corrected chi connectivity index (χ3v) is 9.02. The van der Waals surface area contributed by atoms with Gasteiger partial charge in [-0.25, -0.2) is 4.39 Å². The number of amides is 2. The molecule has 5 rings (SSSR count). The van der Waals surface area contributed by atoms with Crippen molar-refractivity contribution < 1.29 is 28.2 Å². The Kier molecular flexibility index (Phi) is 15.5. The average Bonchev–Trinajstić information content (AvgIpc) is 3.22. The van der Waals surface area contributed by atoms with Gasteiger partial charge in [-0.3, -0.25) is 9.59 Å². The number of unbranched alkanes of at least 4 members (excludes halogenated alkanes) is 1. The van der Waals surface area contributed by atoms with E-state index in [0.717, 1.165) is 25.8 Å². The number of aryl methyl sites for hydroxylation is 1. The Labute approximate surface area is 323 Å². The molecule has 1 heterocycles. The molecule has 2 unspecified atom stereocenters. The zero-order valence-electron chi connectivity index (χ0n) is 30.8. The minimum Gasteiger partial charge on any atom is -0.492 e. The number of nitrogens with zero attached hydrogens (tertiary/aromatic N) is 1. The van der Waals surface area contributed by atoms with Gasteiger partial charge in [0.25, 0.3) is 5.91 Å². The molecular weight excluding hydrogens is 716 g/mol. The van der Waals surface area contributed by atoms with Crippen LogP contribution in [-0.2, 0) is 27.3 Å². The topological polar surface area (TPSA) is 89.1 Å². The van der Waals surface area contributed by atoms with Crippen molar-refractivity contribution in [3.05, 3.63) is 124 Å². The van der Waals surface area contributed by atoms with Gasteiger partial charge in [0.05, 0.1) is 13.5 Å². The van der Waals surface area contributed by atoms with Crippen molar-refractivity contribution in [2.45, 2.75) is 65.2 Å². The fourth-order valence-electron chi connectivity index (χ4n) is 6.31. The molecule has 2 N–H and O–H groups in total. The van der Waals surface area contributed by atoms with E-state index >= 15 is 0 Å². The average molecular weight is 767 g/mol. The molecule has 0 aromatic heterocycles. The van der Waals surface area contributed by atoms with Crippen LogP contribution in [0.4, 0.5) is 10.1 Å². The van der Waals surface area contributed by atoms with Crippen LogP contribution in [-0.4, -0.2) is 51.3 Å². The van der Waals surface area contributed by atoms with Gasteiger partial charge in [-0.1, -0.05) is 93.0 Å². The van der Waals surface area contributed by atoms with E-state index in [0.29, 0.717) is 58.6 Å². The van der Waals surface area contributed by atoms with Crippen LogP contribution >= 0.6 is 24.0 Å². The Balaban J connectivity index is 0.00000627. The summed E-state index contributed by atoms with van der Waals surface area (Å²) in [6.45, 7) is 8.41. The fraction of sp³-hybridized carbons (Fsp3) is 0.381. The van der Waals surface area contributed by atoms with Crippen LogP contribution < -0.4 is 25.0 Å². The van der Waals surface area contributed by atoms with Gasteiger partial charge in [0.2, 0.25) is 5.91 Å². The lowest BCUT2D eigenvalue weighted by Gasteiger charge is -2.31. The molecule has 1 aliphatic heterocycles. The first-order valence-electron chi connectivity index (χ1n) is 17.8. The Morgan fingerprint density at radius 2 is 1.70 bits per heavy atom. The molecule has 0 bridgehead atoms. The maximum Gasteiger partial charge on any atom is 0.256 e. The number of carbonyl (C=O) groups excluding carboxylic acids is 2. The Bertz CT molecular complexity index is 1800. The predicted octanol–water partition coefficient (Wildman–Crippen LogP) is 8.47. The molecule has 4 aromatic carbocycles. The van der Waals surface area contributed by atoms with Crippen LogP contribution in [0.1, 0.15) is 68.4 Å². The summed E-state index contributed by atoms with van der Waals surface area (Å²) >= 11 is 6.58. The normalized spacial score (nSPS) is 15.6. The summed E-state index contributed by atoms with van der Waals surface area (Å²) in [6, 6.07) is 27.6. The van der Waals surface area contributed by atoms with Gasteiger partial charge in [-0.15, -0.1) is 12.4 Å². The molecular formula is C42H50Cl2FN3O5. The number of nitrogens with one attached hydrogen (secondary N) is 2. The number of fused-ring (bicyclic) bond motifs is 1. The fourth-order valence-corrected chi connectivity index (χ4v) is 6.49. The van der Waals surface area contributed by atoms with Crippen LogP contribution in [0.25, 0.3) is 0 Å². The molecule has 53 heavy (non-hydrogen) atoms. The quantitative estimate of drug-likeness (QED) is 0.111. The van der Waals surface area contributed by atoms with Gasteiger partial charge in [0, 0.05) is 47.0 Å². The molecule has 1 aliphatic rings. The maximum atomic E-state index is 14.3. The summed E-state index contributed by atoms with van der Waals surface area (Å²) in [4.78, 5) is 29.4. The second-order valence-corrected chi connectivity index (χ2v) is 14.6. The van der Waals surface area contributed by atoms with E-state index < -0.39 is 23.9 Å². The Morgan fingerprint density at radius 1 is 0.943 bits per heavy atom. The highest BCUT2D eigenvalue weighted by Gasteiger charge is 2.40. The second-order valence-electron chi connectivity index (χ2n) is 14.2. The Hall–Kier alpha value is -4.15. The van der Waals surface area contributed by atoms with Crippen molar-refractivity contribution in [2.24, 2.45) is 5.41 Å². The van der Waals surface area contributed by atoms with E-state index in [4.69, 9.17) is 25.8 Å². The van der Waals surface area contributed by atoms with Crippen LogP contribution in [0.5, 0.6) is 11.5 Å². The van der Waals surface area contributed by atoms with Gasteiger partial charge in [0.15, 0.2) is 11.5 Å². The highest BCUT2D eigenvalue weighted by molar-refractivity contribution is 6.30. The summed E-state index contributed by atoms with van der Waals surface area (Å²) in [5.74, 6) is -0.239. The number of anilines is 1. The molecule has 11 heteroatoms. The van der Waals surface area contributed by atoms with Crippen molar-refractivity contribution in [3.8, 4) is 11.5 Å². The Morgan fingerprint density at radius 3 is 2.43 bits per heavy atom. The molecule has 0 spiro atoms. The number of hydrogen-bond acceptors (Lipinski definition) is 6. The number of rotatable bonds is 16. The van der Waals surface area contributed by atoms with Gasteiger partial charge < -0.3 is 29.7 Å². The van der Waals surface area contributed by atoms with Gasteiger partial charge in [-0.05, 0) is 67.1 Å². The van der Waals surface area contributed by atoms with Crippen molar-refractivity contribution >= 4 is 41.5 Å². The zero-order valence-corrected chi connectivity index (χ0v) is 32.4. The lowest BCUT2D eigenvalue weighted by Crippen LogP contribution is -2.45. The largest absolute Gasteiger partial charge is 0.492 e. The number of methoxy groups -OCH3 is 1. The lowest BCUT2D eigenvalue weighted by atomic mass is 9.94. The molecule has 0 aliphatic carbocycles. The SMILES string of the molecule is COc1c(OCCNCCCCc2ccccc2)cccc1C1OC(CC(=O)NCc2ccccc2F)C(=O)N(CC(C)(C)C)c2ccc(Cl)cc21.Cl. The number of benzene rings is 4. The smallest absolute Gasteiger partial charge is 0.256 e. The number of carbonyl (C=O) groups is 2. The number of para-hydroxylation sites is 1. The summed E-state index contributed by atoms with van der Waals surface area (Å²) < 4.78 is 33.1. The molecule has 284 valence electrons. The standard InChI is InChI=1S/C42H49ClFN3O5.ClH/c1-42(2,3)28-47-35-21-20-31(43)25-33(35)39(52-37(41(47)49)26-38(48)46-27-30-16-8-9-18-34(30)44)32-17-12-19-36(40(32)50-4)51-24-23-45-22-11-10-15-29-13-6-5-7-14-29;/h5-9,12-14,16-21,25,37,39,45H,10-11,15,22-24,26-28H2,1-4H3,(H,46,48);1H. The third kappa shape index (κ3) is 11.7. The first kappa shape index (κ1) is 41.6. The molecule has 2 amide bonds. The van der Waals surface area contributed by atoms with Gasteiger partial charge >= 0.3 is 0 Å². The highest BCUT2D eigenvalue weighted by atomic mass is 35.5. The summed E-state index contributed by atoms with van der Waals surface area (Å²) in [6.07, 6.45) is 0.931. The summed E-state index contributed by atoms with van der Waals surface area (Å²) in [7, 11) is 1.57. The van der Waals surface area contributed by atoms with Crippen molar-refractivity contribution in [3.63, 3.8) is 0 Å². The molecule has 2 atom stereocenters. The molecule has 8 nitrogen and oxygen atoms in total. The molecule has 4 aromatic rings. The van der Waals surface area contributed by atoms with Crippen molar-refractivity contribution in [2.75, 3.05) is 38.3 Å². The predicted molar refractivity (Wildman–Crippen MR) is 211 cm³/mol.